The van der Waals surface area contributed by atoms with Gasteiger partial charge in [0.05, 0.1) is 24.9 Å². The molecule has 0 heterocycles. The van der Waals surface area contributed by atoms with Crippen molar-refractivity contribution >= 4 is 33.8 Å². The number of carbonyl (C=O) groups excluding carboxylic acids is 3. The number of carbonyl (C=O) groups is 3. The number of alkyl halides is 1. The van der Waals surface area contributed by atoms with Crippen LogP contribution in [0.25, 0.3) is 0 Å². The van der Waals surface area contributed by atoms with Crippen molar-refractivity contribution < 1.29 is 33.7 Å². The number of rotatable bonds is 11. The van der Waals surface area contributed by atoms with Crippen LogP contribution in [0, 0.1) is 17.8 Å². The van der Waals surface area contributed by atoms with Crippen LogP contribution in [0.15, 0.2) is 0 Å². The molecule has 0 bridgehead atoms. The minimum Gasteiger partial charge on any atom is -0.465 e. The summed E-state index contributed by atoms with van der Waals surface area (Å²) in [6, 6.07) is 0. The van der Waals surface area contributed by atoms with E-state index in [1.165, 1.54) is 0 Å². The summed E-state index contributed by atoms with van der Waals surface area (Å²) in [7, 11) is 0. The summed E-state index contributed by atoms with van der Waals surface area (Å²) in [6.45, 7) is 4.37. The van der Waals surface area contributed by atoms with E-state index in [1.54, 1.807) is 20.8 Å². The monoisotopic (exact) mass is 420 g/mol. The van der Waals surface area contributed by atoms with Crippen LogP contribution in [0.5, 0.6) is 0 Å². The van der Waals surface area contributed by atoms with Gasteiger partial charge in [-0.15, -0.1) is 6.42 Å². The minimum atomic E-state index is -0.895. The Kier molecular flexibility index (Phi) is 10.4. The predicted molar refractivity (Wildman–Crippen MR) is 93.8 cm³/mol. The van der Waals surface area contributed by atoms with Gasteiger partial charge < -0.3 is 19.3 Å². The second-order valence-corrected chi connectivity index (χ2v) is 8.07. The Morgan fingerprint density at radius 3 is 2.04 bits per heavy atom. The zero-order valence-electron chi connectivity index (χ0n) is 14.8. The number of ether oxygens (including phenoxy) is 3. The molecule has 0 spiro atoms. The molecule has 0 aliphatic rings. The smallest absolute Gasteiger partial charge is 0.322 e. The Balaban J connectivity index is 4.46. The lowest BCUT2D eigenvalue weighted by Gasteiger charge is -2.30. The molecule has 0 aromatic rings. The molecule has 1 atom stereocenters. The molecule has 1 N–H and O–H groups in total. The molecule has 0 fully saturated rings. The topological polar surface area (TPSA) is 99.1 Å². The first kappa shape index (κ1) is 23.4. The van der Waals surface area contributed by atoms with Crippen LogP contribution in [-0.2, 0) is 28.6 Å². The van der Waals surface area contributed by atoms with E-state index >= 15 is 0 Å². The standard InChI is InChI=1S/C17H25BrO7/c1-5-9-23-13(20)7-8-14(21)24-11-17(6-2,10-19)12-25-15(22)16(3,4)18/h1,19H,6-12H2,2-4H3. The van der Waals surface area contributed by atoms with Crippen LogP contribution in [0.1, 0.15) is 40.0 Å². The van der Waals surface area contributed by atoms with E-state index in [-0.39, 0.29) is 39.3 Å². The zero-order valence-corrected chi connectivity index (χ0v) is 16.4. The second-order valence-electron chi connectivity index (χ2n) is 6.09. The third-order valence-corrected chi connectivity index (χ3v) is 3.79. The van der Waals surface area contributed by atoms with Crippen molar-refractivity contribution in [1.82, 2.24) is 0 Å². The molecule has 0 rings (SSSR count). The fourth-order valence-corrected chi connectivity index (χ4v) is 1.66. The van der Waals surface area contributed by atoms with Gasteiger partial charge in [0.1, 0.15) is 17.5 Å². The molecule has 8 heteroatoms. The van der Waals surface area contributed by atoms with E-state index in [0.29, 0.717) is 6.42 Å². The van der Waals surface area contributed by atoms with Crippen LogP contribution in [0.4, 0.5) is 0 Å². The Morgan fingerprint density at radius 2 is 1.60 bits per heavy atom. The van der Waals surface area contributed by atoms with Gasteiger partial charge >= 0.3 is 17.9 Å². The third kappa shape index (κ3) is 9.46. The van der Waals surface area contributed by atoms with Gasteiger partial charge in [-0.05, 0) is 20.3 Å². The van der Waals surface area contributed by atoms with E-state index in [1.807, 2.05) is 0 Å². The summed E-state index contributed by atoms with van der Waals surface area (Å²) in [5.41, 5.74) is -0.895. The third-order valence-electron chi connectivity index (χ3n) is 3.47. The van der Waals surface area contributed by atoms with Crippen molar-refractivity contribution in [2.45, 2.75) is 44.4 Å². The maximum atomic E-state index is 11.8. The number of hydrogen-bond donors (Lipinski definition) is 1. The van der Waals surface area contributed by atoms with Crippen molar-refractivity contribution in [2.24, 2.45) is 5.41 Å². The van der Waals surface area contributed by atoms with Crippen molar-refractivity contribution in [2.75, 3.05) is 26.4 Å². The zero-order chi connectivity index (χ0) is 19.5. The molecule has 0 amide bonds. The first-order valence-electron chi connectivity index (χ1n) is 7.82. The molecule has 0 aliphatic heterocycles. The highest BCUT2D eigenvalue weighted by molar-refractivity contribution is 9.10. The van der Waals surface area contributed by atoms with Gasteiger partial charge in [0.25, 0.3) is 0 Å². The summed E-state index contributed by atoms with van der Waals surface area (Å²) in [5, 5.41) is 9.63. The molecule has 0 aromatic heterocycles. The second kappa shape index (κ2) is 11.1. The molecule has 1 unspecified atom stereocenters. The molecule has 0 aliphatic carbocycles. The van der Waals surface area contributed by atoms with E-state index < -0.39 is 27.6 Å². The van der Waals surface area contributed by atoms with E-state index in [9.17, 15) is 19.5 Å². The summed E-state index contributed by atoms with van der Waals surface area (Å²) >= 11 is 3.19. The van der Waals surface area contributed by atoms with Crippen molar-refractivity contribution in [1.29, 1.82) is 0 Å². The van der Waals surface area contributed by atoms with Gasteiger partial charge in [-0.2, -0.15) is 0 Å². The van der Waals surface area contributed by atoms with Gasteiger partial charge in [0.15, 0.2) is 6.61 Å². The van der Waals surface area contributed by atoms with E-state index in [0.717, 1.165) is 0 Å². The van der Waals surface area contributed by atoms with Gasteiger partial charge in [-0.1, -0.05) is 28.8 Å². The number of halogens is 1. The largest absolute Gasteiger partial charge is 0.465 e. The van der Waals surface area contributed by atoms with Gasteiger partial charge in [-0.25, -0.2) is 0 Å². The highest BCUT2D eigenvalue weighted by Crippen LogP contribution is 2.25. The molecule has 0 aromatic carbocycles. The SMILES string of the molecule is C#CCOC(=O)CCC(=O)OCC(CC)(CO)COC(=O)C(C)(C)Br. The fraction of sp³-hybridized carbons (Fsp3) is 0.706. The summed E-state index contributed by atoms with van der Waals surface area (Å²) < 4.78 is 14.1. The number of aliphatic hydroxyl groups is 1. The van der Waals surface area contributed by atoms with Crippen molar-refractivity contribution in [3.8, 4) is 12.3 Å². The minimum absolute atomic E-state index is 0.0919. The Morgan fingerprint density at radius 1 is 1.08 bits per heavy atom. The van der Waals surface area contributed by atoms with Crippen LogP contribution in [-0.4, -0.2) is 53.8 Å². The lowest BCUT2D eigenvalue weighted by molar-refractivity contribution is -0.159. The molecule has 142 valence electrons. The molecule has 0 radical (unpaired) electrons. The van der Waals surface area contributed by atoms with Crippen LogP contribution in [0.2, 0.25) is 0 Å². The first-order chi connectivity index (χ1) is 11.6. The normalized spacial score (nSPS) is 13.3. The number of hydrogen-bond acceptors (Lipinski definition) is 7. The Bertz CT molecular complexity index is 498. The van der Waals surface area contributed by atoms with Crippen LogP contribution in [0.3, 0.4) is 0 Å². The quantitative estimate of drug-likeness (QED) is 0.234. The Labute approximate surface area is 156 Å². The highest BCUT2D eigenvalue weighted by atomic mass is 79.9. The van der Waals surface area contributed by atoms with Gasteiger partial charge in [-0.3, -0.25) is 14.4 Å². The molecule has 0 saturated carbocycles. The first-order valence-corrected chi connectivity index (χ1v) is 8.61. The van der Waals surface area contributed by atoms with E-state index in [4.69, 9.17) is 15.9 Å². The lowest BCUT2D eigenvalue weighted by atomic mass is 9.88. The maximum absolute atomic E-state index is 11.8. The van der Waals surface area contributed by atoms with Crippen LogP contribution >= 0.6 is 15.9 Å². The van der Waals surface area contributed by atoms with Crippen LogP contribution < -0.4 is 0 Å². The summed E-state index contributed by atoms with van der Waals surface area (Å²) in [4.78, 5) is 34.8. The summed E-state index contributed by atoms with van der Waals surface area (Å²) in [5.74, 6) is 0.458. The van der Waals surface area contributed by atoms with Crippen molar-refractivity contribution in [3.05, 3.63) is 0 Å². The average molecular weight is 421 g/mol. The van der Waals surface area contributed by atoms with E-state index in [2.05, 4.69) is 26.6 Å². The lowest BCUT2D eigenvalue weighted by Crippen LogP contribution is -2.39. The van der Waals surface area contributed by atoms with Crippen molar-refractivity contribution in [3.63, 3.8) is 0 Å². The molecule has 0 saturated heterocycles. The number of terminal acetylenes is 1. The average Bonchev–Trinajstić information content (AvgIpc) is 2.57. The summed E-state index contributed by atoms with van der Waals surface area (Å²) in [6.07, 6.45) is 5.07. The fourth-order valence-electron chi connectivity index (χ4n) is 1.54. The Hall–Kier alpha value is -1.59. The predicted octanol–water partition coefficient (Wildman–Crippen LogP) is 1.59. The molecule has 25 heavy (non-hydrogen) atoms. The molecule has 7 nitrogen and oxygen atoms in total. The van der Waals surface area contributed by atoms with Gasteiger partial charge in [0.2, 0.25) is 0 Å². The van der Waals surface area contributed by atoms with Gasteiger partial charge in [0, 0.05) is 0 Å². The number of esters is 3. The molecular weight excluding hydrogens is 396 g/mol. The highest BCUT2D eigenvalue weighted by Gasteiger charge is 2.34. The maximum Gasteiger partial charge on any atom is 0.322 e. The molecular formula is C17H25BrO7. The number of aliphatic hydroxyl groups excluding tert-OH is 1.